The van der Waals surface area contributed by atoms with E-state index in [0.29, 0.717) is 11.5 Å². The topological polar surface area (TPSA) is 110 Å². The zero-order chi connectivity index (χ0) is 14.8. The van der Waals surface area contributed by atoms with Gasteiger partial charge in [0.25, 0.3) is 5.69 Å². The second kappa shape index (κ2) is 7.45. The van der Waals surface area contributed by atoms with E-state index >= 15 is 0 Å². The third kappa shape index (κ3) is 5.15. The van der Waals surface area contributed by atoms with Crippen LogP contribution in [-0.2, 0) is 10.1 Å². The van der Waals surface area contributed by atoms with E-state index in [-0.39, 0.29) is 62.0 Å². The Kier molecular flexibility index (Phi) is 6.47. The first-order valence-electron chi connectivity index (χ1n) is 5.34. The number of nitrogens with zero attached hydrogens (tertiary/aromatic N) is 1. The van der Waals surface area contributed by atoms with Crippen molar-refractivity contribution in [3.63, 3.8) is 0 Å². The van der Waals surface area contributed by atoms with Crippen LogP contribution < -0.4 is 56.1 Å². The second-order valence-corrected chi connectivity index (χ2v) is 5.16. The minimum atomic E-state index is -4.49. The number of rotatable bonds is 4. The van der Waals surface area contributed by atoms with Crippen LogP contribution in [0.3, 0.4) is 0 Å². The van der Waals surface area contributed by atoms with Crippen molar-refractivity contribution in [3.05, 3.63) is 58.6 Å². The van der Waals surface area contributed by atoms with Crippen LogP contribution in [0.5, 0.6) is 11.5 Å². The van der Waals surface area contributed by atoms with Crippen molar-refractivity contribution in [1.29, 1.82) is 0 Å². The Labute approximate surface area is 163 Å². The number of non-ortho nitro benzene ring substituents is 1. The summed E-state index contributed by atoms with van der Waals surface area (Å²) >= 11 is 0. The van der Waals surface area contributed by atoms with Gasteiger partial charge in [0.1, 0.15) is 21.6 Å². The molecule has 21 heavy (non-hydrogen) atoms. The Balaban J connectivity index is 0.00000220. The van der Waals surface area contributed by atoms with E-state index in [1.807, 2.05) is 0 Å². The Bertz CT molecular complexity index is 727. The molecule has 2 rings (SSSR count). The molecule has 0 fully saturated rings. The molecule has 0 atom stereocenters. The van der Waals surface area contributed by atoms with Gasteiger partial charge >= 0.3 is 51.4 Å². The number of hydrogen-bond donors (Lipinski definition) is 0. The molecule has 0 saturated heterocycles. The molecule has 0 bridgehead atoms. The van der Waals surface area contributed by atoms with Crippen molar-refractivity contribution in [1.82, 2.24) is 0 Å². The van der Waals surface area contributed by atoms with Crippen molar-refractivity contribution in [2.24, 2.45) is 0 Å². The minimum Gasteiger partial charge on any atom is -0.744 e. The molecule has 0 aromatic heterocycles. The van der Waals surface area contributed by atoms with Crippen LogP contribution in [0.1, 0.15) is 0 Å². The summed E-state index contributed by atoms with van der Waals surface area (Å²) in [6, 6.07) is 10.3. The fraction of sp³-hybridized carbons (Fsp3) is 0. The van der Waals surface area contributed by atoms with Crippen molar-refractivity contribution < 1.29 is 74.0 Å². The molecule has 9 heteroatoms. The zero-order valence-electron chi connectivity index (χ0n) is 10.9. The number of hydrogen-bond acceptors (Lipinski definition) is 6. The minimum absolute atomic E-state index is 0. The standard InChI is InChI=1S/C12H9NO6S.K/c14-13(15)9-1-3-10(4-2-9)19-11-5-7-12(8-6-11)20(16,17)18;/h1-8H,(H,16,17,18);/q;+1/p-1. The summed E-state index contributed by atoms with van der Waals surface area (Å²) in [5.74, 6) is 0.666. The first-order chi connectivity index (χ1) is 9.36. The molecule has 0 spiro atoms. The van der Waals surface area contributed by atoms with Gasteiger partial charge < -0.3 is 9.29 Å². The Morgan fingerprint density at radius 3 is 1.71 bits per heavy atom. The maximum absolute atomic E-state index is 10.7. The molecule has 0 aliphatic rings. The maximum Gasteiger partial charge on any atom is 1.00 e. The summed E-state index contributed by atoms with van der Waals surface area (Å²) < 4.78 is 37.6. The largest absolute Gasteiger partial charge is 1.00 e. The predicted octanol–water partition coefficient (Wildman–Crippen LogP) is -0.705. The van der Waals surface area contributed by atoms with Gasteiger partial charge in [-0.15, -0.1) is 0 Å². The van der Waals surface area contributed by atoms with Gasteiger partial charge in [-0.2, -0.15) is 0 Å². The molecule has 0 radical (unpaired) electrons. The van der Waals surface area contributed by atoms with Gasteiger partial charge in [-0.25, -0.2) is 8.42 Å². The van der Waals surface area contributed by atoms with Gasteiger partial charge in [0.05, 0.1) is 9.82 Å². The van der Waals surface area contributed by atoms with E-state index in [9.17, 15) is 23.1 Å². The first kappa shape index (κ1) is 18.2. The monoisotopic (exact) mass is 333 g/mol. The summed E-state index contributed by atoms with van der Waals surface area (Å²) in [4.78, 5) is 9.60. The summed E-state index contributed by atoms with van der Waals surface area (Å²) in [6.07, 6.45) is 0. The van der Waals surface area contributed by atoms with Gasteiger partial charge in [0.15, 0.2) is 0 Å². The molecular formula is C12H8KNO6S. The van der Waals surface area contributed by atoms with Crippen LogP contribution >= 0.6 is 0 Å². The molecule has 0 N–H and O–H groups in total. The maximum atomic E-state index is 10.7. The van der Waals surface area contributed by atoms with E-state index in [1.54, 1.807) is 0 Å². The second-order valence-electron chi connectivity index (χ2n) is 3.78. The smallest absolute Gasteiger partial charge is 0.744 e. The molecule has 0 unspecified atom stereocenters. The number of nitro benzene ring substituents is 1. The van der Waals surface area contributed by atoms with Crippen LogP contribution in [-0.4, -0.2) is 17.9 Å². The quantitative estimate of drug-likeness (QED) is 0.317. The molecule has 0 heterocycles. The van der Waals surface area contributed by atoms with Crippen LogP contribution in [0.2, 0.25) is 0 Å². The van der Waals surface area contributed by atoms with Gasteiger partial charge in [-0.05, 0) is 36.4 Å². The van der Waals surface area contributed by atoms with Gasteiger partial charge in [0.2, 0.25) is 0 Å². The third-order valence-corrected chi connectivity index (χ3v) is 3.25. The van der Waals surface area contributed by atoms with Gasteiger partial charge in [-0.3, -0.25) is 10.1 Å². The summed E-state index contributed by atoms with van der Waals surface area (Å²) in [5, 5.41) is 10.5. The van der Waals surface area contributed by atoms with Gasteiger partial charge in [0, 0.05) is 12.1 Å². The Morgan fingerprint density at radius 1 is 0.905 bits per heavy atom. The van der Waals surface area contributed by atoms with Crippen molar-refractivity contribution >= 4 is 15.8 Å². The number of benzene rings is 2. The van der Waals surface area contributed by atoms with E-state index in [4.69, 9.17) is 4.74 Å². The van der Waals surface area contributed by atoms with E-state index < -0.39 is 15.0 Å². The fourth-order valence-corrected chi connectivity index (χ4v) is 1.92. The molecule has 104 valence electrons. The molecular weight excluding hydrogens is 325 g/mol. The number of ether oxygens (including phenoxy) is 1. The van der Waals surface area contributed by atoms with Crippen LogP contribution in [0.4, 0.5) is 5.69 Å². The van der Waals surface area contributed by atoms with Crippen LogP contribution in [0, 0.1) is 10.1 Å². The summed E-state index contributed by atoms with van der Waals surface area (Å²) in [7, 11) is -4.49. The molecule has 0 aliphatic carbocycles. The number of nitro groups is 1. The Morgan fingerprint density at radius 2 is 1.33 bits per heavy atom. The van der Waals surface area contributed by atoms with Crippen molar-refractivity contribution in [2.45, 2.75) is 4.90 Å². The third-order valence-electron chi connectivity index (χ3n) is 2.40. The average molecular weight is 333 g/mol. The summed E-state index contributed by atoms with van der Waals surface area (Å²) in [5.41, 5.74) is -0.0647. The van der Waals surface area contributed by atoms with Crippen molar-refractivity contribution in [3.8, 4) is 11.5 Å². The molecule has 2 aromatic carbocycles. The van der Waals surface area contributed by atoms with E-state index in [1.165, 1.54) is 36.4 Å². The average Bonchev–Trinajstić information content (AvgIpc) is 2.39. The van der Waals surface area contributed by atoms with Crippen molar-refractivity contribution in [2.75, 3.05) is 0 Å². The Hall–Kier alpha value is -0.814. The van der Waals surface area contributed by atoms with Gasteiger partial charge in [-0.1, -0.05) is 0 Å². The molecule has 7 nitrogen and oxygen atoms in total. The molecule has 0 amide bonds. The first-order valence-corrected chi connectivity index (χ1v) is 6.75. The summed E-state index contributed by atoms with van der Waals surface area (Å²) in [6.45, 7) is 0. The molecule has 2 aromatic rings. The predicted molar refractivity (Wildman–Crippen MR) is 67.6 cm³/mol. The molecule has 0 aliphatic heterocycles. The zero-order valence-corrected chi connectivity index (χ0v) is 14.9. The van der Waals surface area contributed by atoms with E-state index in [2.05, 4.69) is 0 Å². The van der Waals surface area contributed by atoms with Crippen LogP contribution in [0.15, 0.2) is 53.4 Å². The normalized spacial score (nSPS) is 10.5. The fourth-order valence-electron chi connectivity index (χ4n) is 1.45. The van der Waals surface area contributed by atoms with E-state index in [0.717, 1.165) is 12.1 Å². The van der Waals surface area contributed by atoms with Crippen LogP contribution in [0.25, 0.3) is 0 Å². The molecule has 0 saturated carbocycles. The SMILES string of the molecule is O=[N+]([O-])c1ccc(Oc2ccc(S(=O)(=O)[O-])cc2)cc1.[K+].